The standard InChI is InChI=1S/C21H20OS/c1-21(2,3)20(22)19-14-13-18(23-19)17-11-9-16(10-12-17)15-7-5-4-6-8-15/h4-14H,1-3H3. The Labute approximate surface area is 141 Å². The second kappa shape index (κ2) is 6.13. The molecule has 2 aromatic carbocycles. The molecule has 3 aromatic rings. The van der Waals surface area contributed by atoms with Crippen molar-refractivity contribution in [3.8, 4) is 21.6 Å². The van der Waals surface area contributed by atoms with E-state index < -0.39 is 0 Å². The van der Waals surface area contributed by atoms with Gasteiger partial charge in [-0.3, -0.25) is 4.79 Å². The van der Waals surface area contributed by atoms with Gasteiger partial charge in [0.25, 0.3) is 0 Å². The van der Waals surface area contributed by atoms with Crippen LogP contribution in [-0.4, -0.2) is 5.78 Å². The van der Waals surface area contributed by atoms with Crippen LogP contribution in [0.25, 0.3) is 21.6 Å². The number of carbonyl (C=O) groups excluding carboxylic acids is 1. The van der Waals surface area contributed by atoms with Gasteiger partial charge >= 0.3 is 0 Å². The van der Waals surface area contributed by atoms with Crippen molar-refractivity contribution in [3.63, 3.8) is 0 Å². The number of hydrogen-bond donors (Lipinski definition) is 0. The molecule has 1 heterocycles. The molecule has 0 aliphatic heterocycles. The Hall–Kier alpha value is -2.19. The Morgan fingerprint density at radius 2 is 1.30 bits per heavy atom. The molecule has 0 N–H and O–H groups in total. The highest BCUT2D eigenvalue weighted by Crippen LogP contribution is 2.33. The first-order valence-electron chi connectivity index (χ1n) is 7.76. The lowest BCUT2D eigenvalue weighted by molar-refractivity contribution is 0.0863. The lowest BCUT2D eigenvalue weighted by atomic mass is 9.90. The molecule has 1 aromatic heterocycles. The molecule has 0 fully saturated rings. The summed E-state index contributed by atoms with van der Waals surface area (Å²) in [5, 5.41) is 0. The van der Waals surface area contributed by atoms with Gasteiger partial charge in [-0.2, -0.15) is 0 Å². The van der Waals surface area contributed by atoms with E-state index in [-0.39, 0.29) is 11.2 Å². The molecule has 0 aliphatic carbocycles. The van der Waals surface area contributed by atoms with Gasteiger partial charge in [-0.05, 0) is 28.8 Å². The fourth-order valence-electron chi connectivity index (χ4n) is 2.44. The number of thiophene rings is 1. The second-order valence-corrected chi connectivity index (χ2v) is 7.77. The molecule has 0 unspecified atom stereocenters. The van der Waals surface area contributed by atoms with Crippen molar-refractivity contribution < 1.29 is 4.79 Å². The van der Waals surface area contributed by atoms with Crippen LogP contribution in [0, 0.1) is 5.41 Å². The van der Waals surface area contributed by atoms with Crippen molar-refractivity contribution >= 4 is 17.1 Å². The summed E-state index contributed by atoms with van der Waals surface area (Å²) in [5.74, 6) is 0.203. The Kier molecular flexibility index (Phi) is 4.18. The van der Waals surface area contributed by atoms with Gasteiger partial charge < -0.3 is 0 Å². The van der Waals surface area contributed by atoms with Gasteiger partial charge in [-0.15, -0.1) is 11.3 Å². The smallest absolute Gasteiger partial charge is 0.178 e. The monoisotopic (exact) mass is 320 g/mol. The molecule has 0 saturated heterocycles. The molecule has 0 spiro atoms. The summed E-state index contributed by atoms with van der Waals surface area (Å²) in [6, 6.07) is 22.8. The summed E-state index contributed by atoms with van der Waals surface area (Å²) in [4.78, 5) is 14.3. The van der Waals surface area contributed by atoms with Crippen LogP contribution < -0.4 is 0 Å². The Bertz CT molecular complexity index is 805. The zero-order valence-electron chi connectivity index (χ0n) is 13.7. The predicted octanol–water partition coefficient (Wildman–Crippen LogP) is 6.31. The third kappa shape index (κ3) is 3.43. The minimum atomic E-state index is -0.334. The molecule has 23 heavy (non-hydrogen) atoms. The maximum atomic E-state index is 12.4. The molecule has 116 valence electrons. The molecule has 2 heteroatoms. The van der Waals surface area contributed by atoms with Gasteiger partial charge in [0.05, 0.1) is 4.88 Å². The van der Waals surface area contributed by atoms with Crippen LogP contribution in [-0.2, 0) is 0 Å². The van der Waals surface area contributed by atoms with Crippen molar-refractivity contribution in [3.05, 3.63) is 71.6 Å². The Morgan fingerprint density at radius 1 is 0.739 bits per heavy atom. The first-order valence-corrected chi connectivity index (χ1v) is 8.57. The van der Waals surface area contributed by atoms with E-state index in [1.807, 2.05) is 51.1 Å². The van der Waals surface area contributed by atoms with Crippen LogP contribution in [0.1, 0.15) is 30.4 Å². The largest absolute Gasteiger partial charge is 0.293 e. The number of hydrogen-bond acceptors (Lipinski definition) is 2. The lowest BCUT2D eigenvalue weighted by Crippen LogP contribution is -2.18. The molecule has 3 rings (SSSR count). The maximum Gasteiger partial charge on any atom is 0.178 e. The van der Waals surface area contributed by atoms with Crippen molar-refractivity contribution in [2.24, 2.45) is 5.41 Å². The lowest BCUT2D eigenvalue weighted by Gasteiger charge is -2.14. The summed E-state index contributed by atoms with van der Waals surface area (Å²) in [6.07, 6.45) is 0. The van der Waals surface area contributed by atoms with Crippen LogP contribution in [0.4, 0.5) is 0 Å². The fourth-order valence-corrected chi connectivity index (χ4v) is 3.60. The summed E-state index contributed by atoms with van der Waals surface area (Å²) in [5.41, 5.74) is 3.24. The highest BCUT2D eigenvalue weighted by atomic mass is 32.1. The van der Waals surface area contributed by atoms with Crippen LogP contribution >= 0.6 is 11.3 Å². The maximum absolute atomic E-state index is 12.4. The molecule has 1 nitrogen and oxygen atoms in total. The van der Waals surface area contributed by atoms with E-state index in [1.165, 1.54) is 11.1 Å². The number of benzene rings is 2. The average molecular weight is 320 g/mol. The van der Waals surface area contributed by atoms with Crippen molar-refractivity contribution in [2.45, 2.75) is 20.8 Å². The molecule has 0 amide bonds. The molecular formula is C21H20OS. The summed E-state index contributed by atoms with van der Waals surface area (Å²) in [7, 11) is 0. The van der Waals surface area contributed by atoms with Gasteiger partial charge in [0.1, 0.15) is 0 Å². The topological polar surface area (TPSA) is 17.1 Å². The van der Waals surface area contributed by atoms with Gasteiger partial charge in [-0.25, -0.2) is 0 Å². The summed E-state index contributed by atoms with van der Waals surface area (Å²) < 4.78 is 0. The van der Waals surface area contributed by atoms with Crippen LogP contribution in [0.5, 0.6) is 0 Å². The van der Waals surface area contributed by atoms with Crippen molar-refractivity contribution in [1.29, 1.82) is 0 Å². The highest BCUT2D eigenvalue weighted by Gasteiger charge is 2.24. The number of ketones is 1. The normalized spacial score (nSPS) is 11.4. The third-order valence-electron chi connectivity index (χ3n) is 3.79. The third-order valence-corrected chi connectivity index (χ3v) is 4.92. The van der Waals surface area contributed by atoms with Gasteiger partial charge in [-0.1, -0.05) is 75.4 Å². The average Bonchev–Trinajstić information content (AvgIpc) is 3.04. The van der Waals surface area contributed by atoms with Crippen LogP contribution in [0.2, 0.25) is 0 Å². The van der Waals surface area contributed by atoms with E-state index >= 15 is 0 Å². The van der Waals surface area contributed by atoms with Crippen molar-refractivity contribution in [1.82, 2.24) is 0 Å². The molecule has 0 bridgehead atoms. The molecule has 0 radical (unpaired) electrons. The molecule has 0 atom stereocenters. The quantitative estimate of drug-likeness (QED) is 0.517. The predicted molar refractivity (Wildman–Crippen MR) is 99.0 cm³/mol. The minimum Gasteiger partial charge on any atom is -0.293 e. The number of rotatable bonds is 3. The van der Waals surface area contributed by atoms with Crippen LogP contribution in [0.15, 0.2) is 66.7 Å². The molecule has 0 aliphatic rings. The van der Waals surface area contributed by atoms with Gasteiger partial charge in [0.2, 0.25) is 0 Å². The molecule has 0 saturated carbocycles. The van der Waals surface area contributed by atoms with Crippen molar-refractivity contribution in [2.75, 3.05) is 0 Å². The first-order chi connectivity index (χ1) is 10.9. The summed E-state index contributed by atoms with van der Waals surface area (Å²) >= 11 is 1.57. The zero-order chi connectivity index (χ0) is 16.4. The van der Waals surface area contributed by atoms with E-state index in [9.17, 15) is 4.79 Å². The van der Waals surface area contributed by atoms with E-state index in [0.717, 1.165) is 15.3 Å². The number of Topliss-reactive ketones (excluding diaryl/α,β-unsaturated/α-hetero) is 1. The Balaban J connectivity index is 1.86. The number of carbonyl (C=O) groups is 1. The highest BCUT2D eigenvalue weighted by molar-refractivity contribution is 7.17. The van der Waals surface area contributed by atoms with E-state index in [2.05, 4.69) is 36.4 Å². The second-order valence-electron chi connectivity index (χ2n) is 6.69. The van der Waals surface area contributed by atoms with Crippen LogP contribution in [0.3, 0.4) is 0 Å². The minimum absolute atomic E-state index is 0.203. The first kappa shape index (κ1) is 15.7. The van der Waals surface area contributed by atoms with Gasteiger partial charge in [0, 0.05) is 10.3 Å². The van der Waals surface area contributed by atoms with E-state index in [4.69, 9.17) is 0 Å². The Morgan fingerprint density at radius 3 is 1.91 bits per heavy atom. The van der Waals surface area contributed by atoms with Gasteiger partial charge in [0.15, 0.2) is 5.78 Å². The van der Waals surface area contributed by atoms with E-state index in [1.54, 1.807) is 11.3 Å². The fraction of sp³-hybridized carbons (Fsp3) is 0.190. The van der Waals surface area contributed by atoms with E-state index in [0.29, 0.717) is 0 Å². The zero-order valence-corrected chi connectivity index (χ0v) is 14.5. The SMILES string of the molecule is CC(C)(C)C(=O)c1ccc(-c2ccc(-c3ccccc3)cc2)s1. The molecular weight excluding hydrogens is 300 g/mol. The summed E-state index contributed by atoms with van der Waals surface area (Å²) in [6.45, 7) is 5.89.